The first kappa shape index (κ1) is 34.6. The number of halogens is 4. The summed E-state index contributed by atoms with van der Waals surface area (Å²) in [6, 6.07) is 41.5. The van der Waals surface area contributed by atoms with Crippen LogP contribution in [0.15, 0.2) is 146 Å². The average molecular weight is 997 g/mol. The summed E-state index contributed by atoms with van der Waals surface area (Å²) in [6.45, 7) is 0. The van der Waals surface area contributed by atoms with Crippen molar-refractivity contribution < 1.29 is 57.8 Å². The monoisotopic (exact) mass is 998 g/mol. The molecule has 2 aromatic heterocycles. The molecule has 0 aliphatic carbocycles. The molecule has 0 saturated carbocycles. The normalized spacial score (nSPS) is 10.6. The summed E-state index contributed by atoms with van der Waals surface area (Å²) in [5, 5.41) is 0. The third-order valence-corrected chi connectivity index (χ3v) is 7.49. The SMILES string of the molecule is Fc1ccc(-c2nc3ccccc3n2-c2ccccc2)c(F)c1.Fc1ccc(-c2nc3ccccc3n2-c2ccccc2)c(F)c1.[Ir].[Ir]. The smallest absolute Gasteiger partial charge is 0.148 e. The number of imidazole rings is 2. The molecule has 0 unspecified atom stereocenters. The first-order valence-corrected chi connectivity index (χ1v) is 14.4. The van der Waals surface area contributed by atoms with Gasteiger partial charge in [-0.1, -0.05) is 60.7 Å². The molecule has 0 spiro atoms. The van der Waals surface area contributed by atoms with Crippen LogP contribution in [0.4, 0.5) is 17.6 Å². The number of benzene rings is 6. The first-order chi connectivity index (χ1) is 22.5. The van der Waals surface area contributed by atoms with Crippen molar-refractivity contribution in [1.29, 1.82) is 0 Å². The van der Waals surface area contributed by atoms with Crippen molar-refractivity contribution in [2.45, 2.75) is 0 Å². The van der Waals surface area contributed by atoms with Crippen molar-refractivity contribution in [3.05, 3.63) is 169 Å². The zero-order chi connectivity index (χ0) is 31.6. The Balaban J connectivity index is 0.000000180. The molecule has 0 fully saturated rings. The molecule has 6 aromatic carbocycles. The molecule has 4 nitrogen and oxygen atoms in total. The van der Waals surface area contributed by atoms with E-state index in [4.69, 9.17) is 0 Å². The second kappa shape index (κ2) is 15.0. The molecule has 0 atom stereocenters. The largest absolute Gasteiger partial charge is 0.292 e. The van der Waals surface area contributed by atoms with E-state index in [2.05, 4.69) is 9.97 Å². The Bertz CT molecular complexity index is 2160. The number of para-hydroxylation sites is 6. The van der Waals surface area contributed by atoms with Gasteiger partial charge in [-0.15, -0.1) is 0 Å². The van der Waals surface area contributed by atoms with Gasteiger partial charge in [-0.25, -0.2) is 27.5 Å². The fourth-order valence-electron chi connectivity index (χ4n) is 5.43. The molecule has 0 aliphatic heterocycles. The van der Waals surface area contributed by atoms with Crippen LogP contribution in [-0.2, 0) is 40.2 Å². The first-order valence-electron chi connectivity index (χ1n) is 14.4. The van der Waals surface area contributed by atoms with Crippen LogP contribution in [0.5, 0.6) is 0 Å². The third-order valence-electron chi connectivity index (χ3n) is 7.49. The van der Waals surface area contributed by atoms with E-state index < -0.39 is 23.3 Å². The zero-order valence-electron chi connectivity index (χ0n) is 24.8. The van der Waals surface area contributed by atoms with Crippen LogP contribution in [0.2, 0.25) is 0 Å². The van der Waals surface area contributed by atoms with Gasteiger partial charge in [0.1, 0.15) is 34.9 Å². The van der Waals surface area contributed by atoms with Gasteiger partial charge in [0, 0.05) is 63.7 Å². The van der Waals surface area contributed by atoms with Gasteiger partial charge in [-0.05, 0) is 72.8 Å². The van der Waals surface area contributed by atoms with E-state index in [1.54, 1.807) is 0 Å². The summed E-state index contributed by atoms with van der Waals surface area (Å²) in [5.74, 6) is -1.55. The van der Waals surface area contributed by atoms with Crippen LogP contribution in [0.25, 0.3) is 56.2 Å². The number of fused-ring (bicyclic) bond motifs is 2. The van der Waals surface area contributed by atoms with Crippen molar-refractivity contribution >= 4 is 22.1 Å². The van der Waals surface area contributed by atoms with Crippen LogP contribution in [0.1, 0.15) is 0 Å². The Labute approximate surface area is 300 Å². The molecule has 0 aliphatic rings. The topological polar surface area (TPSA) is 35.6 Å². The summed E-state index contributed by atoms with van der Waals surface area (Å²) in [7, 11) is 0. The summed E-state index contributed by atoms with van der Waals surface area (Å²) in [4.78, 5) is 9.10. The molecule has 2 heterocycles. The predicted octanol–water partition coefficient (Wildman–Crippen LogP) is 9.94. The second-order valence-corrected chi connectivity index (χ2v) is 10.4. The Morgan fingerprint density at radius 3 is 1.12 bits per heavy atom. The van der Waals surface area contributed by atoms with E-state index in [0.29, 0.717) is 11.6 Å². The van der Waals surface area contributed by atoms with Crippen molar-refractivity contribution in [2.75, 3.05) is 0 Å². The van der Waals surface area contributed by atoms with E-state index in [9.17, 15) is 17.6 Å². The quantitative estimate of drug-likeness (QED) is 0.165. The van der Waals surface area contributed by atoms with E-state index in [-0.39, 0.29) is 51.3 Å². The Morgan fingerprint density at radius 2 is 0.750 bits per heavy atom. The standard InChI is InChI=1S/2C19H12F2N2.2Ir/c2*20-13-10-11-15(16(21)12-13)19-22-17-8-4-5-9-18(17)23(19)14-6-2-1-3-7-14;;/h2*1-12H;;. The van der Waals surface area contributed by atoms with Gasteiger partial charge < -0.3 is 0 Å². The third kappa shape index (κ3) is 6.79. The van der Waals surface area contributed by atoms with Gasteiger partial charge in [-0.3, -0.25) is 9.13 Å². The fourth-order valence-corrected chi connectivity index (χ4v) is 5.43. The summed E-state index contributed by atoms with van der Waals surface area (Å²) < 4.78 is 58.7. The second-order valence-electron chi connectivity index (χ2n) is 10.4. The molecule has 242 valence electrons. The predicted molar refractivity (Wildman–Crippen MR) is 173 cm³/mol. The maximum Gasteiger partial charge on any atom is 0.148 e. The van der Waals surface area contributed by atoms with Crippen LogP contribution in [0, 0.1) is 23.3 Å². The van der Waals surface area contributed by atoms with Gasteiger partial charge in [-0.2, -0.15) is 0 Å². The molecule has 0 saturated heterocycles. The molecular formula is C38H24F4Ir2N4. The molecule has 8 rings (SSSR count). The molecular weight excluding hydrogens is 973 g/mol. The van der Waals surface area contributed by atoms with Crippen LogP contribution in [-0.4, -0.2) is 19.1 Å². The molecule has 48 heavy (non-hydrogen) atoms. The van der Waals surface area contributed by atoms with Crippen LogP contribution < -0.4 is 0 Å². The van der Waals surface area contributed by atoms with Crippen LogP contribution >= 0.6 is 0 Å². The number of nitrogens with zero attached hydrogens (tertiary/aromatic N) is 4. The van der Waals surface area contributed by atoms with Gasteiger partial charge in [0.15, 0.2) is 0 Å². The summed E-state index contributed by atoms with van der Waals surface area (Å²) >= 11 is 0. The van der Waals surface area contributed by atoms with E-state index in [1.165, 1.54) is 24.3 Å². The molecule has 0 amide bonds. The Kier molecular flexibility index (Phi) is 10.8. The molecule has 2 radical (unpaired) electrons. The van der Waals surface area contributed by atoms with Crippen molar-refractivity contribution in [1.82, 2.24) is 19.1 Å². The number of hydrogen-bond donors (Lipinski definition) is 0. The van der Waals surface area contributed by atoms with E-state index >= 15 is 0 Å². The summed E-state index contributed by atoms with van der Waals surface area (Å²) in [5.41, 5.74) is 5.55. The van der Waals surface area contributed by atoms with Crippen molar-refractivity contribution in [3.63, 3.8) is 0 Å². The minimum atomic E-state index is -0.627. The summed E-state index contributed by atoms with van der Waals surface area (Å²) in [6.07, 6.45) is 0. The van der Waals surface area contributed by atoms with Gasteiger partial charge in [0.05, 0.1) is 33.2 Å². The molecule has 10 heteroatoms. The average Bonchev–Trinajstić information content (AvgIpc) is 3.65. The van der Waals surface area contributed by atoms with Gasteiger partial charge in [0.25, 0.3) is 0 Å². The van der Waals surface area contributed by atoms with Gasteiger partial charge in [0.2, 0.25) is 0 Å². The maximum absolute atomic E-state index is 14.3. The van der Waals surface area contributed by atoms with Crippen LogP contribution in [0.3, 0.4) is 0 Å². The van der Waals surface area contributed by atoms with E-state index in [0.717, 1.165) is 45.6 Å². The maximum atomic E-state index is 14.3. The van der Waals surface area contributed by atoms with E-state index in [1.807, 2.05) is 118 Å². The molecule has 0 N–H and O–H groups in total. The Morgan fingerprint density at radius 1 is 0.396 bits per heavy atom. The number of rotatable bonds is 4. The molecule has 8 aromatic rings. The van der Waals surface area contributed by atoms with Crippen molar-refractivity contribution in [3.8, 4) is 34.2 Å². The zero-order valence-corrected chi connectivity index (χ0v) is 29.6. The minimum Gasteiger partial charge on any atom is -0.292 e. The number of hydrogen-bond acceptors (Lipinski definition) is 2. The Hall–Kier alpha value is -4.72. The van der Waals surface area contributed by atoms with Crippen molar-refractivity contribution in [2.24, 2.45) is 0 Å². The number of aromatic nitrogens is 4. The molecule has 0 bridgehead atoms. The van der Waals surface area contributed by atoms with Gasteiger partial charge >= 0.3 is 0 Å². The minimum absolute atomic E-state index is 0. The fraction of sp³-hybridized carbons (Fsp3) is 0.